The highest BCUT2D eigenvalue weighted by molar-refractivity contribution is 6.87. The first-order valence-corrected chi connectivity index (χ1v) is 19.8. The highest BCUT2D eigenvalue weighted by Gasteiger charge is 2.48. The summed E-state index contributed by atoms with van der Waals surface area (Å²) in [6, 6.07) is 14.2. The van der Waals surface area contributed by atoms with E-state index in [2.05, 4.69) is 83.8 Å². The van der Waals surface area contributed by atoms with E-state index in [1.807, 2.05) is 0 Å². The van der Waals surface area contributed by atoms with Gasteiger partial charge < -0.3 is 27.8 Å². The molecule has 0 atom stereocenters. The minimum atomic E-state index is -1.96. The van der Waals surface area contributed by atoms with Crippen molar-refractivity contribution in [3.8, 4) is 0 Å². The Morgan fingerprint density at radius 3 is 1.51 bits per heavy atom. The molecule has 37 heavy (non-hydrogen) atoms. The lowest BCUT2D eigenvalue weighted by Gasteiger charge is -2.53. The van der Waals surface area contributed by atoms with Crippen molar-refractivity contribution in [3.05, 3.63) is 30.3 Å². The number of piperazine rings is 2. The van der Waals surface area contributed by atoms with Crippen LogP contribution in [-0.4, -0.2) is 116 Å². The summed E-state index contributed by atoms with van der Waals surface area (Å²) in [7, 11) is 0.659. The fourth-order valence-corrected chi connectivity index (χ4v) is 14.3. The van der Waals surface area contributed by atoms with Crippen LogP contribution >= 0.6 is 0 Å². The van der Waals surface area contributed by atoms with Gasteiger partial charge in [-0.25, -0.2) is 0 Å². The summed E-state index contributed by atoms with van der Waals surface area (Å²) in [6.45, 7) is 17.6. The highest BCUT2D eigenvalue weighted by Crippen LogP contribution is 2.27. The van der Waals surface area contributed by atoms with Crippen molar-refractivity contribution in [3.63, 3.8) is 0 Å². The predicted molar refractivity (Wildman–Crippen MR) is 162 cm³/mol. The van der Waals surface area contributed by atoms with E-state index in [4.69, 9.17) is 8.85 Å². The van der Waals surface area contributed by atoms with Crippen molar-refractivity contribution in [2.75, 3.05) is 79.7 Å². The molecule has 0 saturated carbocycles. The first-order valence-electron chi connectivity index (χ1n) is 15.1. The molecule has 0 N–H and O–H groups in total. The molecule has 6 nitrogen and oxygen atoms in total. The minimum absolute atomic E-state index is 0.774. The van der Waals surface area contributed by atoms with Gasteiger partial charge in [0.05, 0.1) is 0 Å². The Bertz CT molecular complexity index is 713. The molecule has 2 aliphatic rings. The molecule has 0 aliphatic carbocycles. The minimum Gasteiger partial charge on any atom is -0.395 e. The van der Waals surface area contributed by atoms with Gasteiger partial charge in [-0.05, 0) is 51.8 Å². The number of benzene rings is 1. The molecule has 0 bridgehead atoms. The maximum Gasteiger partial charge on any atom is 0.334 e. The summed E-state index contributed by atoms with van der Waals surface area (Å²) < 4.78 is 18.0. The van der Waals surface area contributed by atoms with Crippen LogP contribution < -0.4 is 5.19 Å². The lowest BCUT2D eigenvalue weighted by molar-refractivity contribution is 0.172. The van der Waals surface area contributed by atoms with Crippen LogP contribution in [0, 0.1) is 0 Å². The molecule has 0 unspecified atom stereocenters. The Balaban J connectivity index is 1.59. The van der Waals surface area contributed by atoms with Gasteiger partial charge in [0.1, 0.15) is 0 Å². The van der Waals surface area contributed by atoms with E-state index in [0.717, 1.165) is 19.3 Å². The molecule has 2 saturated heterocycles. The summed E-state index contributed by atoms with van der Waals surface area (Å²) in [4.78, 5) is 5.02. The Labute approximate surface area is 230 Å². The van der Waals surface area contributed by atoms with Gasteiger partial charge in [-0.3, -0.25) is 0 Å². The number of nitrogens with zero attached hydrogens (tertiary/aromatic N) is 4. The summed E-state index contributed by atoms with van der Waals surface area (Å²) in [5.41, 5.74) is 0. The van der Waals surface area contributed by atoms with E-state index in [0.29, 0.717) is 0 Å². The van der Waals surface area contributed by atoms with Crippen LogP contribution in [0.25, 0.3) is 0 Å². The van der Waals surface area contributed by atoms with Crippen LogP contribution in [0.5, 0.6) is 0 Å². The molecule has 2 heterocycles. The summed E-state index contributed by atoms with van der Waals surface area (Å²) >= 11 is 0. The number of hydrogen-bond donors (Lipinski definition) is 0. The second kappa shape index (κ2) is 15.9. The van der Waals surface area contributed by atoms with Crippen molar-refractivity contribution in [2.24, 2.45) is 0 Å². The molecule has 0 radical (unpaired) electrons. The lowest BCUT2D eigenvalue weighted by atomic mass is 10.1. The van der Waals surface area contributed by atoms with Crippen LogP contribution in [-0.2, 0) is 8.85 Å². The molecule has 0 amide bonds. The standard InChI is InChI=1S/C29H56N4O2Si2/c1-6-34-36(5,35-7-2)27-15-10-8-9-11-16-28-37(29-17-13-12-14-18-29,32-23-19-30(3)20-24-32)33-25-21-31(4)22-26-33/h12-14,17-18H,6-11,15-16,19-28H2,1-5H3. The molecular weight excluding hydrogens is 493 g/mol. The molecule has 212 valence electrons. The second-order valence-electron chi connectivity index (χ2n) is 11.4. The van der Waals surface area contributed by atoms with Gasteiger partial charge in [0, 0.05) is 65.6 Å². The van der Waals surface area contributed by atoms with Gasteiger partial charge in [-0.15, -0.1) is 0 Å². The van der Waals surface area contributed by atoms with Crippen molar-refractivity contribution < 1.29 is 8.85 Å². The maximum atomic E-state index is 6.03. The molecule has 0 aromatic heterocycles. The smallest absolute Gasteiger partial charge is 0.334 e. The Morgan fingerprint density at radius 2 is 1.05 bits per heavy atom. The van der Waals surface area contributed by atoms with Crippen LogP contribution in [0.2, 0.25) is 18.6 Å². The third-order valence-corrected chi connectivity index (χ3v) is 17.0. The molecule has 2 fully saturated rings. The van der Waals surface area contributed by atoms with Gasteiger partial charge >= 0.3 is 8.56 Å². The van der Waals surface area contributed by atoms with Gasteiger partial charge in [-0.1, -0.05) is 68.9 Å². The third-order valence-electron chi connectivity index (χ3n) is 8.59. The van der Waals surface area contributed by atoms with Crippen molar-refractivity contribution in [2.45, 2.75) is 71.0 Å². The number of unbranched alkanes of at least 4 members (excludes halogenated alkanes) is 5. The van der Waals surface area contributed by atoms with Crippen molar-refractivity contribution in [1.82, 2.24) is 18.9 Å². The fourth-order valence-electron chi connectivity index (χ4n) is 6.40. The zero-order valence-corrected chi connectivity index (χ0v) is 26.7. The van der Waals surface area contributed by atoms with E-state index in [9.17, 15) is 0 Å². The quantitative estimate of drug-likeness (QED) is 0.226. The maximum absolute atomic E-state index is 6.03. The Hall–Kier alpha value is -0.586. The van der Waals surface area contributed by atoms with Crippen molar-refractivity contribution in [1.29, 1.82) is 0 Å². The topological polar surface area (TPSA) is 31.4 Å². The summed E-state index contributed by atoms with van der Waals surface area (Å²) in [6.07, 6.45) is 7.95. The highest BCUT2D eigenvalue weighted by atomic mass is 28.4. The van der Waals surface area contributed by atoms with Gasteiger partial charge in [0.15, 0.2) is 0 Å². The lowest BCUT2D eigenvalue weighted by Crippen LogP contribution is -2.76. The summed E-state index contributed by atoms with van der Waals surface area (Å²) in [5, 5.41) is 1.64. The van der Waals surface area contributed by atoms with E-state index in [1.54, 1.807) is 5.19 Å². The third kappa shape index (κ3) is 8.96. The second-order valence-corrected chi connectivity index (χ2v) is 18.7. The molecule has 0 spiro atoms. The average molecular weight is 549 g/mol. The Morgan fingerprint density at radius 1 is 0.622 bits per heavy atom. The molecule has 1 aromatic rings. The van der Waals surface area contributed by atoms with Gasteiger partial charge in [-0.2, -0.15) is 0 Å². The van der Waals surface area contributed by atoms with E-state index >= 15 is 0 Å². The van der Waals surface area contributed by atoms with Crippen LogP contribution in [0.1, 0.15) is 52.4 Å². The molecule has 8 heteroatoms. The zero-order valence-electron chi connectivity index (χ0n) is 24.7. The SMILES string of the molecule is CCO[Si](C)(CCCCCCCC[Si](c1ccccc1)(N1CCN(C)CC1)N1CCN(C)CC1)OCC. The molecule has 3 rings (SSSR count). The zero-order chi connectivity index (χ0) is 26.6. The molecule has 1 aromatic carbocycles. The average Bonchev–Trinajstić information content (AvgIpc) is 2.90. The fraction of sp³-hybridized carbons (Fsp3) is 0.793. The van der Waals surface area contributed by atoms with Gasteiger partial charge in [0.2, 0.25) is 8.40 Å². The normalized spacial score (nSPS) is 19.5. The molecule has 2 aliphatic heterocycles. The monoisotopic (exact) mass is 548 g/mol. The largest absolute Gasteiger partial charge is 0.395 e. The van der Waals surface area contributed by atoms with Crippen molar-refractivity contribution >= 4 is 22.1 Å². The first kappa shape index (κ1) is 30.9. The van der Waals surface area contributed by atoms with E-state index < -0.39 is 17.0 Å². The van der Waals surface area contributed by atoms with E-state index in [-0.39, 0.29) is 0 Å². The van der Waals surface area contributed by atoms with Gasteiger partial charge in [0.25, 0.3) is 0 Å². The van der Waals surface area contributed by atoms with Crippen LogP contribution in [0.3, 0.4) is 0 Å². The number of likely N-dealkylation sites (N-methyl/N-ethyl adjacent to an activating group) is 2. The number of hydrogen-bond acceptors (Lipinski definition) is 6. The first-order chi connectivity index (χ1) is 17.9. The Kier molecular flexibility index (Phi) is 13.3. The van der Waals surface area contributed by atoms with Crippen LogP contribution in [0.15, 0.2) is 30.3 Å². The van der Waals surface area contributed by atoms with Crippen LogP contribution in [0.4, 0.5) is 0 Å². The summed E-state index contributed by atoms with van der Waals surface area (Å²) in [5.74, 6) is 0. The van der Waals surface area contributed by atoms with E-state index in [1.165, 1.54) is 96.9 Å². The molecular formula is C29H56N4O2Si2. The number of rotatable bonds is 16. The predicted octanol–water partition coefficient (Wildman–Crippen LogP) is 4.32.